The topological polar surface area (TPSA) is 33.1 Å². The lowest BCUT2D eigenvalue weighted by molar-refractivity contribution is 0.415. The first-order valence-corrected chi connectivity index (χ1v) is 3.68. The number of ether oxygens (including phenoxy) is 1. The van der Waals surface area contributed by atoms with Crippen molar-refractivity contribution < 1.29 is 4.74 Å². The molecular formula is C10H11NO. The van der Waals surface area contributed by atoms with Crippen LogP contribution >= 0.6 is 0 Å². The Balaban J connectivity index is 2.77. The monoisotopic (exact) mass is 161 g/mol. The smallest absolute Gasteiger partial charge is 0.118 e. The molecule has 62 valence electrons. The van der Waals surface area contributed by atoms with Crippen LogP contribution in [-0.4, -0.2) is 13.3 Å². The van der Waals surface area contributed by atoms with Crippen molar-refractivity contribution in [2.45, 2.75) is 0 Å². The fourth-order valence-electron chi connectivity index (χ4n) is 0.874. The quantitative estimate of drug-likeness (QED) is 0.678. The average molecular weight is 161 g/mol. The number of hydrogen-bond donors (Lipinski definition) is 1. The van der Waals surface area contributed by atoms with Gasteiger partial charge in [-0.25, -0.2) is 0 Å². The predicted molar refractivity (Wildman–Crippen MR) is 50.8 cm³/mol. The molecule has 0 fully saturated rings. The Morgan fingerprint density at radius 2 is 1.92 bits per heavy atom. The van der Waals surface area contributed by atoms with Gasteiger partial charge in [-0.1, -0.05) is 18.2 Å². The summed E-state index contributed by atoms with van der Waals surface area (Å²) < 4.78 is 5.00. The van der Waals surface area contributed by atoms with Gasteiger partial charge >= 0.3 is 0 Å². The lowest BCUT2D eigenvalue weighted by atomic mass is 10.2. The highest BCUT2D eigenvalue weighted by Crippen LogP contribution is 2.11. The molecule has 0 aromatic heterocycles. The Labute approximate surface area is 72.0 Å². The number of nitrogens with one attached hydrogen (secondary N) is 1. The van der Waals surface area contributed by atoms with E-state index in [9.17, 15) is 0 Å². The van der Waals surface area contributed by atoms with Crippen LogP contribution in [-0.2, 0) is 0 Å². The summed E-state index contributed by atoms with van der Waals surface area (Å²) in [6.45, 7) is 0. The van der Waals surface area contributed by atoms with Gasteiger partial charge in [0.25, 0.3) is 0 Å². The minimum atomic E-state index is 0.849. The van der Waals surface area contributed by atoms with E-state index >= 15 is 0 Å². The normalized spacial score (nSPS) is 10.1. The van der Waals surface area contributed by atoms with Crippen molar-refractivity contribution >= 4 is 12.3 Å². The molecule has 1 N–H and O–H groups in total. The van der Waals surface area contributed by atoms with E-state index in [0.29, 0.717) is 0 Å². The van der Waals surface area contributed by atoms with Gasteiger partial charge in [0.1, 0.15) is 5.75 Å². The van der Waals surface area contributed by atoms with Crippen molar-refractivity contribution in [1.29, 1.82) is 5.41 Å². The van der Waals surface area contributed by atoms with E-state index < -0.39 is 0 Å². The molecule has 0 aliphatic carbocycles. The zero-order valence-corrected chi connectivity index (χ0v) is 6.95. The zero-order chi connectivity index (χ0) is 8.81. The second-order valence-electron chi connectivity index (χ2n) is 2.30. The van der Waals surface area contributed by atoms with Crippen molar-refractivity contribution in [1.82, 2.24) is 0 Å². The minimum Gasteiger partial charge on any atom is -0.497 e. The molecule has 0 saturated carbocycles. The highest BCUT2D eigenvalue weighted by molar-refractivity contribution is 5.75. The molecule has 1 rings (SSSR count). The number of allylic oxidation sites excluding steroid dienone is 1. The van der Waals surface area contributed by atoms with Crippen LogP contribution in [0.5, 0.6) is 5.75 Å². The Morgan fingerprint density at radius 3 is 2.42 bits per heavy atom. The SMILES string of the molecule is COc1ccc(/C=C/C=N)cc1. The summed E-state index contributed by atoms with van der Waals surface area (Å²) in [6, 6.07) is 7.67. The van der Waals surface area contributed by atoms with Crippen LogP contribution in [0.4, 0.5) is 0 Å². The van der Waals surface area contributed by atoms with E-state index in [1.165, 1.54) is 6.21 Å². The van der Waals surface area contributed by atoms with Crippen molar-refractivity contribution in [3.8, 4) is 5.75 Å². The molecule has 2 nitrogen and oxygen atoms in total. The molecule has 12 heavy (non-hydrogen) atoms. The molecule has 0 spiro atoms. The number of methoxy groups -OCH3 is 1. The molecule has 1 aromatic carbocycles. The number of benzene rings is 1. The second-order valence-corrected chi connectivity index (χ2v) is 2.30. The Hall–Kier alpha value is -1.57. The van der Waals surface area contributed by atoms with Crippen LogP contribution in [0.1, 0.15) is 5.56 Å². The van der Waals surface area contributed by atoms with Gasteiger partial charge in [0.2, 0.25) is 0 Å². The Kier molecular flexibility index (Phi) is 3.08. The molecule has 0 radical (unpaired) electrons. The van der Waals surface area contributed by atoms with E-state index in [2.05, 4.69) is 0 Å². The van der Waals surface area contributed by atoms with Crippen LogP contribution in [0.3, 0.4) is 0 Å². The summed E-state index contributed by atoms with van der Waals surface area (Å²) >= 11 is 0. The summed E-state index contributed by atoms with van der Waals surface area (Å²) in [6.07, 6.45) is 4.80. The summed E-state index contributed by atoms with van der Waals surface area (Å²) in [7, 11) is 1.64. The number of hydrogen-bond acceptors (Lipinski definition) is 2. The van der Waals surface area contributed by atoms with Crippen molar-refractivity contribution in [3.63, 3.8) is 0 Å². The van der Waals surface area contributed by atoms with E-state index in [0.717, 1.165) is 11.3 Å². The maximum Gasteiger partial charge on any atom is 0.118 e. The molecule has 0 atom stereocenters. The standard InChI is InChI=1S/C10H11NO/c1-12-10-6-4-9(5-7-10)3-2-8-11/h2-8,11H,1H3/b3-2+,11-8?. The molecule has 0 saturated heterocycles. The lowest BCUT2D eigenvalue weighted by Crippen LogP contribution is -1.81. The van der Waals surface area contributed by atoms with Gasteiger partial charge < -0.3 is 10.1 Å². The fraction of sp³-hybridized carbons (Fsp3) is 0.100. The molecule has 2 heteroatoms. The maximum absolute atomic E-state index is 6.79. The highest BCUT2D eigenvalue weighted by atomic mass is 16.5. The first kappa shape index (κ1) is 8.53. The van der Waals surface area contributed by atoms with Gasteiger partial charge in [-0.2, -0.15) is 0 Å². The first-order chi connectivity index (χ1) is 5.86. The summed E-state index contributed by atoms with van der Waals surface area (Å²) in [5, 5.41) is 6.79. The van der Waals surface area contributed by atoms with Crippen molar-refractivity contribution in [3.05, 3.63) is 35.9 Å². The van der Waals surface area contributed by atoms with Gasteiger partial charge in [-0.15, -0.1) is 0 Å². The van der Waals surface area contributed by atoms with Gasteiger partial charge in [0.05, 0.1) is 7.11 Å². The van der Waals surface area contributed by atoms with Gasteiger partial charge in [0, 0.05) is 6.21 Å². The van der Waals surface area contributed by atoms with Crippen LogP contribution < -0.4 is 4.74 Å². The maximum atomic E-state index is 6.79. The van der Waals surface area contributed by atoms with E-state index in [-0.39, 0.29) is 0 Å². The van der Waals surface area contributed by atoms with Gasteiger partial charge in [0.15, 0.2) is 0 Å². The van der Waals surface area contributed by atoms with Crippen LogP contribution in [0, 0.1) is 5.41 Å². The van der Waals surface area contributed by atoms with Crippen molar-refractivity contribution in [2.75, 3.05) is 7.11 Å². The zero-order valence-electron chi connectivity index (χ0n) is 6.95. The van der Waals surface area contributed by atoms with E-state index in [4.69, 9.17) is 10.1 Å². The van der Waals surface area contributed by atoms with E-state index in [1.54, 1.807) is 13.2 Å². The molecule has 0 aliphatic heterocycles. The first-order valence-electron chi connectivity index (χ1n) is 3.68. The summed E-state index contributed by atoms with van der Waals surface area (Å²) in [5.74, 6) is 0.849. The van der Waals surface area contributed by atoms with Crippen molar-refractivity contribution in [2.24, 2.45) is 0 Å². The summed E-state index contributed by atoms with van der Waals surface area (Å²) in [4.78, 5) is 0. The highest BCUT2D eigenvalue weighted by Gasteiger charge is 1.88. The minimum absolute atomic E-state index is 0.849. The third-order valence-electron chi connectivity index (χ3n) is 1.50. The summed E-state index contributed by atoms with van der Waals surface area (Å²) in [5.41, 5.74) is 1.07. The van der Waals surface area contributed by atoms with Crippen LogP contribution in [0.25, 0.3) is 6.08 Å². The number of rotatable bonds is 3. The van der Waals surface area contributed by atoms with Crippen LogP contribution in [0.2, 0.25) is 0 Å². The molecule has 0 bridgehead atoms. The van der Waals surface area contributed by atoms with Gasteiger partial charge in [-0.3, -0.25) is 0 Å². The predicted octanol–water partition coefficient (Wildman–Crippen LogP) is 2.36. The van der Waals surface area contributed by atoms with Gasteiger partial charge in [-0.05, 0) is 23.8 Å². The fourth-order valence-corrected chi connectivity index (χ4v) is 0.874. The second kappa shape index (κ2) is 4.34. The lowest BCUT2D eigenvalue weighted by Gasteiger charge is -1.98. The Bertz CT molecular complexity index is 274. The molecule has 1 aromatic rings. The van der Waals surface area contributed by atoms with E-state index in [1.807, 2.05) is 30.3 Å². The Morgan fingerprint density at radius 1 is 1.25 bits per heavy atom. The average Bonchev–Trinajstić information content (AvgIpc) is 2.15. The molecule has 0 aliphatic rings. The third-order valence-corrected chi connectivity index (χ3v) is 1.50. The molecule has 0 unspecified atom stereocenters. The molecule has 0 heterocycles. The molecule has 0 amide bonds. The largest absolute Gasteiger partial charge is 0.497 e. The van der Waals surface area contributed by atoms with Crippen LogP contribution in [0.15, 0.2) is 30.3 Å². The molecular weight excluding hydrogens is 150 g/mol. The third kappa shape index (κ3) is 2.23.